The van der Waals surface area contributed by atoms with Gasteiger partial charge in [-0.2, -0.15) is 0 Å². The molecule has 0 aromatic heterocycles. The summed E-state index contributed by atoms with van der Waals surface area (Å²) in [7, 11) is 0. The van der Waals surface area contributed by atoms with Gasteiger partial charge in [0.15, 0.2) is 6.61 Å². The second-order valence-corrected chi connectivity index (χ2v) is 7.98. The Morgan fingerprint density at radius 3 is 2.50 bits per heavy atom. The summed E-state index contributed by atoms with van der Waals surface area (Å²) in [4.78, 5) is 37.4. The average molecular weight is 449 g/mol. The Morgan fingerprint density at radius 1 is 0.969 bits per heavy atom. The van der Waals surface area contributed by atoms with Crippen LogP contribution in [0.5, 0.6) is 11.5 Å². The molecule has 1 fully saturated rings. The first-order valence-corrected chi connectivity index (χ1v) is 10.7. The van der Waals surface area contributed by atoms with E-state index in [0.29, 0.717) is 16.4 Å². The van der Waals surface area contributed by atoms with Crippen LogP contribution in [0.25, 0.3) is 16.8 Å². The van der Waals surface area contributed by atoms with Crippen LogP contribution < -0.4 is 15.2 Å². The molecular formula is C24H20N2O5S. The molecule has 0 spiro atoms. The number of thioether (sulfide) groups is 1. The fourth-order valence-corrected chi connectivity index (χ4v) is 4.09. The number of carbonyl (C=O) groups is 3. The van der Waals surface area contributed by atoms with Crippen LogP contribution in [0.4, 0.5) is 4.79 Å². The van der Waals surface area contributed by atoms with Gasteiger partial charge in [-0.25, -0.2) is 0 Å². The van der Waals surface area contributed by atoms with Crippen LogP contribution in [0.3, 0.4) is 0 Å². The molecule has 1 heterocycles. The Balaban J connectivity index is 1.37. The minimum Gasteiger partial charge on any atom is -0.491 e. The summed E-state index contributed by atoms with van der Waals surface area (Å²) >= 11 is 0.894. The van der Waals surface area contributed by atoms with Gasteiger partial charge in [0.2, 0.25) is 0 Å². The molecule has 0 bridgehead atoms. The third-order valence-corrected chi connectivity index (χ3v) is 5.66. The lowest BCUT2D eigenvalue weighted by atomic mass is 10.1. The van der Waals surface area contributed by atoms with Crippen molar-refractivity contribution in [3.05, 3.63) is 77.2 Å². The molecule has 4 rings (SSSR count). The van der Waals surface area contributed by atoms with Crippen molar-refractivity contribution in [2.24, 2.45) is 5.73 Å². The van der Waals surface area contributed by atoms with Crippen molar-refractivity contribution in [2.75, 3.05) is 19.8 Å². The van der Waals surface area contributed by atoms with E-state index in [0.717, 1.165) is 28.1 Å². The Hall–Kier alpha value is -3.78. The maximum Gasteiger partial charge on any atom is 0.293 e. The molecule has 8 heteroatoms. The summed E-state index contributed by atoms with van der Waals surface area (Å²) in [5.41, 5.74) is 5.78. The van der Waals surface area contributed by atoms with Crippen LogP contribution in [0.15, 0.2) is 71.6 Å². The van der Waals surface area contributed by atoms with Crippen molar-refractivity contribution in [1.29, 1.82) is 0 Å². The van der Waals surface area contributed by atoms with E-state index < -0.39 is 5.91 Å². The van der Waals surface area contributed by atoms with Gasteiger partial charge in [-0.3, -0.25) is 19.3 Å². The molecule has 0 saturated carbocycles. The van der Waals surface area contributed by atoms with E-state index >= 15 is 0 Å². The van der Waals surface area contributed by atoms with Crippen LogP contribution in [0.2, 0.25) is 0 Å². The molecule has 162 valence electrons. The second kappa shape index (κ2) is 9.57. The summed E-state index contributed by atoms with van der Waals surface area (Å²) in [5.74, 6) is 0.284. The van der Waals surface area contributed by atoms with E-state index in [1.807, 2.05) is 42.5 Å². The molecule has 2 N–H and O–H groups in total. The summed E-state index contributed by atoms with van der Waals surface area (Å²) in [6.45, 7) is 0.148. The number of imide groups is 1. The lowest BCUT2D eigenvalue weighted by Crippen LogP contribution is -2.32. The number of hydrogen-bond donors (Lipinski definition) is 1. The number of amides is 3. The maximum absolute atomic E-state index is 12.7. The molecular weight excluding hydrogens is 428 g/mol. The Bertz CT molecular complexity index is 1200. The van der Waals surface area contributed by atoms with Gasteiger partial charge in [0.05, 0.1) is 11.4 Å². The summed E-state index contributed by atoms with van der Waals surface area (Å²) in [6, 6.07) is 20.4. The smallest absolute Gasteiger partial charge is 0.293 e. The number of nitrogens with zero attached hydrogens (tertiary/aromatic N) is 1. The minimum absolute atomic E-state index is 0.158. The zero-order chi connectivity index (χ0) is 22.5. The number of ether oxygens (including phenoxy) is 2. The summed E-state index contributed by atoms with van der Waals surface area (Å²) in [6.07, 6.45) is 1.65. The molecule has 3 amide bonds. The predicted octanol–water partition coefficient (Wildman–Crippen LogP) is 3.82. The highest BCUT2D eigenvalue weighted by molar-refractivity contribution is 8.18. The van der Waals surface area contributed by atoms with Gasteiger partial charge in [-0.05, 0) is 47.0 Å². The number of primary amides is 1. The van der Waals surface area contributed by atoms with E-state index in [1.54, 1.807) is 30.3 Å². The summed E-state index contributed by atoms with van der Waals surface area (Å²) < 4.78 is 11.1. The van der Waals surface area contributed by atoms with Gasteiger partial charge >= 0.3 is 0 Å². The van der Waals surface area contributed by atoms with Gasteiger partial charge in [-0.15, -0.1) is 0 Å². The number of rotatable bonds is 8. The van der Waals surface area contributed by atoms with Crippen molar-refractivity contribution in [2.45, 2.75) is 0 Å². The van der Waals surface area contributed by atoms with E-state index in [9.17, 15) is 14.4 Å². The molecule has 1 aliphatic rings. The largest absolute Gasteiger partial charge is 0.491 e. The Morgan fingerprint density at radius 2 is 1.72 bits per heavy atom. The van der Waals surface area contributed by atoms with Gasteiger partial charge in [-0.1, -0.05) is 48.5 Å². The van der Waals surface area contributed by atoms with Crippen LogP contribution in [-0.4, -0.2) is 41.7 Å². The lowest BCUT2D eigenvalue weighted by Gasteiger charge is -2.14. The molecule has 32 heavy (non-hydrogen) atoms. The molecule has 7 nitrogen and oxygen atoms in total. The fourth-order valence-electron chi connectivity index (χ4n) is 3.23. The zero-order valence-electron chi connectivity index (χ0n) is 17.0. The molecule has 0 unspecified atom stereocenters. The van der Waals surface area contributed by atoms with E-state index in [4.69, 9.17) is 15.2 Å². The van der Waals surface area contributed by atoms with E-state index in [2.05, 4.69) is 0 Å². The van der Waals surface area contributed by atoms with Gasteiger partial charge in [0.25, 0.3) is 17.1 Å². The number of nitrogens with two attached hydrogens (primary N) is 1. The fraction of sp³-hybridized carbons (Fsp3) is 0.125. The highest BCUT2D eigenvalue weighted by Crippen LogP contribution is 2.32. The topological polar surface area (TPSA) is 98.9 Å². The monoisotopic (exact) mass is 448 g/mol. The Labute approximate surface area is 188 Å². The number of fused-ring (bicyclic) bond motifs is 1. The van der Waals surface area contributed by atoms with Crippen molar-refractivity contribution in [1.82, 2.24) is 4.90 Å². The highest BCUT2D eigenvalue weighted by Gasteiger charge is 2.34. The van der Waals surface area contributed by atoms with Crippen molar-refractivity contribution >= 4 is 45.7 Å². The third kappa shape index (κ3) is 4.92. The third-order valence-electron chi connectivity index (χ3n) is 4.75. The zero-order valence-corrected chi connectivity index (χ0v) is 17.8. The van der Waals surface area contributed by atoms with Crippen molar-refractivity contribution in [3.8, 4) is 11.5 Å². The van der Waals surface area contributed by atoms with Gasteiger partial charge in [0.1, 0.15) is 18.1 Å². The van der Waals surface area contributed by atoms with Crippen molar-refractivity contribution < 1.29 is 23.9 Å². The lowest BCUT2D eigenvalue weighted by molar-refractivity contribution is -0.123. The first-order valence-electron chi connectivity index (χ1n) is 9.88. The quantitative estimate of drug-likeness (QED) is 0.526. The Kier molecular flexibility index (Phi) is 6.42. The average Bonchev–Trinajstić information content (AvgIpc) is 3.06. The molecule has 3 aromatic carbocycles. The normalized spacial score (nSPS) is 14.9. The minimum atomic E-state index is -0.563. The van der Waals surface area contributed by atoms with Gasteiger partial charge < -0.3 is 15.2 Å². The van der Waals surface area contributed by atoms with Gasteiger partial charge in [0, 0.05) is 5.39 Å². The number of benzene rings is 3. The summed E-state index contributed by atoms with van der Waals surface area (Å²) in [5, 5.41) is 1.71. The standard InChI is InChI=1S/C24H20N2O5S/c25-22(27)15-31-18-10-8-16(9-11-18)14-21-23(28)26(24(29)32-21)12-13-30-20-7-3-5-17-4-1-2-6-19(17)20/h1-11,14H,12-13,15H2,(H2,25,27)/b21-14-. The van der Waals surface area contributed by atoms with E-state index in [-0.39, 0.29) is 30.9 Å². The molecule has 0 aliphatic carbocycles. The molecule has 1 aliphatic heterocycles. The SMILES string of the molecule is NC(=O)COc1ccc(/C=C2\SC(=O)N(CCOc3cccc4ccccc34)C2=O)cc1. The van der Waals surface area contributed by atoms with E-state index in [1.165, 1.54) is 4.90 Å². The van der Waals surface area contributed by atoms with Crippen LogP contribution in [0, 0.1) is 0 Å². The first kappa shape index (κ1) is 21.5. The molecule has 0 atom stereocenters. The second-order valence-electron chi connectivity index (χ2n) is 6.98. The maximum atomic E-state index is 12.7. The van der Waals surface area contributed by atoms with Crippen LogP contribution in [0.1, 0.15) is 5.56 Å². The number of hydrogen-bond acceptors (Lipinski definition) is 6. The predicted molar refractivity (Wildman–Crippen MR) is 123 cm³/mol. The van der Waals surface area contributed by atoms with Crippen LogP contribution in [-0.2, 0) is 9.59 Å². The van der Waals surface area contributed by atoms with Crippen molar-refractivity contribution in [3.63, 3.8) is 0 Å². The molecule has 1 saturated heterocycles. The van der Waals surface area contributed by atoms with Crippen LogP contribution >= 0.6 is 11.8 Å². The highest BCUT2D eigenvalue weighted by atomic mass is 32.2. The molecule has 0 radical (unpaired) electrons. The number of carbonyl (C=O) groups excluding carboxylic acids is 3. The molecule has 3 aromatic rings. The first-order chi connectivity index (χ1) is 15.5.